The van der Waals surface area contributed by atoms with Crippen molar-refractivity contribution in [2.45, 2.75) is 24.1 Å². The van der Waals surface area contributed by atoms with Crippen molar-refractivity contribution in [3.63, 3.8) is 0 Å². The summed E-state index contributed by atoms with van der Waals surface area (Å²) in [5, 5.41) is 16.4. The molecule has 0 aliphatic carbocycles. The first-order valence-electron chi connectivity index (χ1n) is 7.96. The van der Waals surface area contributed by atoms with Gasteiger partial charge in [-0.25, -0.2) is 4.79 Å². The Kier molecular flexibility index (Phi) is 6.27. The van der Waals surface area contributed by atoms with E-state index < -0.39 is 0 Å². The van der Waals surface area contributed by atoms with Crippen LogP contribution in [0.15, 0.2) is 21.9 Å². The maximum Gasteiger partial charge on any atom is 0.326 e. The second kappa shape index (κ2) is 8.63. The van der Waals surface area contributed by atoms with Gasteiger partial charge in [-0.2, -0.15) is 0 Å². The number of urea groups is 1. The second-order valence-corrected chi connectivity index (χ2v) is 8.93. The summed E-state index contributed by atoms with van der Waals surface area (Å²) in [6, 6.07) is 3.33. The zero-order chi connectivity index (χ0) is 17.6. The number of aromatic nitrogens is 2. The lowest BCUT2D eigenvalue weighted by atomic mass is 9.99. The Hall–Kier alpha value is -1.65. The van der Waals surface area contributed by atoms with E-state index >= 15 is 0 Å². The molecule has 0 bridgehead atoms. The zero-order valence-corrected chi connectivity index (χ0v) is 16.2. The van der Waals surface area contributed by atoms with Gasteiger partial charge in [0, 0.05) is 13.1 Å². The summed E-state index contributed by atoms with van der Waals surface area (Å²) in [5.74, 6) is 1.19. The largest absolute Gasteiger partial charge is 0.342 e. The van der Waals surface area contributed by atoms with E-state index in [-0.39, 0.29) is 11.9 Å². The smallest absolute Gasteiger partial charge is 0.326 e. The van der Waals surface area contributed by atoms with E-state index in [0.717, 1.165) is 30.9 Å². The summed E-state index contributed by atoms with van der Waals surface area (Å²) in [6.07, 6.45) is 2.14. The lowest BCUT2D eigenvalue weighted by Crippen LogP contribution is -2.38. The molecule has 3 amide bonds. The summed E-state index contributed by atoms with van der Waals surface area (Å²) in [7, 11) is 0. The number of thioether (sulfide) groups is 1. The SMILES string of the molecule is CC1CCN(C(=O)CSc2nnc(NC(=O)Nc3cccs3)s2)CC1. The number of carbonyl (C=O) groups is 2. The molecule has 3 heterocycles. The van der Waals surface area contributed by atoms with Crippen LogP contribution in [0, 0.1) is 5.92 Å². The Bertz CT molecular complexity index is 711. The molecule has 1 saturated heterocycles. The van der Waals surface area contributed by atoms with Crippen LogP contribution in [0.5, 0.6) is 0 Å². The molecule has 25 heavy (non-hydrogen) atoms. The normalized spacial score (nSPS) is 15.2. The Labute approximate surface area is 158 Å². The van der Waals surface area contributed by atoms with Gasteiger partial charge in [-0.05, 0) is 36.3 Å². The van der Waals surface area contributed by atoms with Gasteiger partial charge in [0.15, 0.2) is 4.34 Å². The van der Waals surface area contributed by atoms with Crippen molar-refractivity contribution < 1.29 is 9.59 Å². The molecule has 2 N–H and O–H groups in total. The lowest BCUT2D eigenvalue weighted by Gasteiger charge is -2.30. The van der Waals surface area contributed by atoms with Gasteiger partial charge in [-0.1, -0.05) is 30.0 Å². The van der Waals surface area contributed by atoms with Gasteiger partial charge in [-0.15, -0.1) is 21.5 Å². The number of hydrogen-bond acceptors (Lipinski definition) is 7. The first kappa shape index (κ1) is 18.2. The third-order valence-corrected chi connectivity index (χ3v) is 6.58. The fourth-order valence-corrected chi connectivity index (χ4v) is 4.64. The van der Waals surface area contributed by atoms with Crippen LogP contribution in [0.2, 0.25) is 0 Å². The molecule has 0 atom stereocenters. The topological polar surface area (TPSA) is 87.2 Å². The van der Waals surface area contributed by atoms with Crippen LogP contribution in [-0.2, 0) is 4.79 Å². The van der Waals surface area contributed by atoms with Crippen molar-refractivity contribution in [2.24, 2.45) is 5.92 Å². The van der Waals surface area contributed by atoms with E-state index in [9.17, 15) is 9.59 Å². The number of thiophene rings is 1. The molecule has 2 aromatic rings. The Morgan fingerprint density at radius 1 is 1.32 bits per heavy atom. The molecule has 1 fully saturated rings. The van der Waals surface area contributed by atoms with Gasteiger partial charge in [-0.3, -0.25) is 15.4 Å². The van der Waals surface area contributed by atoms with Crippen LogP contribution >= 0.6 is 34.4 Å². The van der Waals surface area contributed by atoms with Crippen LogP contribution in [-0.4, -0.2) is 45.9 Å². The van der Waals surface area contributed by atoms with Crippen LogP contribution < -0.4 is 10.6 Å². The number of hydrogen-bond donors (Lipinski definition) is 2. The summed E-state index contributed by atoms with van der Waals surface area (Å²) in [4.78, 5) is 26.0. The van der Waals surface area contributed by atoms with Crippen molar-refractivity contribution in [1.29, 1.82) is 0 Å². The average Bonchev–Trinajstić information content (AvgIpc) is 3.25. The number of carbonyl (C=O) groups excluding carboxylic acids is 2. The molecular weight excluding hydrogens is 378 g/mol. The molecule has 1 aliphatic rings. The van der Waals surface area contributed by atoms with E-state index in [1.807, 2.05) is 22.4 Å². The number of nitrogens with zero attached hydrogens (tertiary/aromatic N) is 3. The van der Waals surface area contributed by atoms with E-state index in [4.69, 9.17) is 0 Å². The second-order valence-electron chi connectivity index (χ2n) is 5.78. The molecular formula is C15H19N5O2S3. The van der Waals surface area contributed by atoms with Gasteiger partial charge < -0.3 is 4.90 Å². The van der Waals surface area contributed by atoms with Crippen LogP contribution in [0.3, 0.4) is 0 Å². The third-order valence-electron chi connectivity index (χ3n) is 3.84. The standard InChI is InChI=1S/C15H19N5O2S3/c1-10-4-6-20(7-5-10)12(21)9-24-15-19-18-14(25-15)17-13(22)16-11-3-2-8-23-11/h2-3,8,10H,4-7,9H2,1H3,(H2,16,17,18,22). The van der Waals surface area contributed by atoms with E-state index in [1.54, 1.807) is 0 Å². The number of nitrogens with one attached hydrogen (secondary N) is 2. The van der Waals surface area contributed by atoms with Crippen LogP contribution in [0.25, 0.3) is 0 Å². The molecule has 0 radical (unpaired) electrons. The Morgan fingerprint density at radius 3 is 2.84 bits per heavy atom. The summed E-state index contributed by atoms with van der Waals surface area (Å²) < 4.78 is 0.671. The molecule has 0 unspecified atom stereocenters. The molecule has 3 rings (SSSR count). The van der Waals surface area contributed by atoms with Crippen molar-refractivity contribution in [3.05, 3.63) is 17.5 Å². The number of piperidine rings is 1. The monoisotopic (exact) mass is 397 g/mol. The van der Waals surface area contributed by atoms with E-state index in [1.165, 1.54) is 34.4 Å². The summed E-state index contributed by atoms with van der Waals surface area (Å²) in [6.45, 7) is 3.90. The first-order valence-corrected chi connectivity index (χ1v) is 10.6. The minimum absolute atomic E-state index is 0.136. The number of likely N-dealkylation sites (tertiary alicyclic amines) is 1. The molecule has 0 spiro atoms. The van der Waals surface area contributed by atoms with Gasteiger partial charge in [0.05, 0.1) is 10.8 Å². The van der Waals surface area contributed by atoms with Gasteiger partial charge in [0.25, 0.3) is 0 Å². The summed E-state index contributed by atoms with van der Waals surface area (Å²) in [5.41, 5.74) is 0. The fraction of sp³-hybridized carbons (Fsp3) is 0.467. The van der Waals surface area contributed by atoms with E-state index in [2.05, 4.69) is 27.8 Å². The predicted molar refractivity (Wildman–Crippen MR) is 103 cm³/mol. The number of anilines is 2. The van der Waals surface area contributed by atoms with E-state index in [0.29, 0.717) is 21.1 Å². The maximum absolute atomic E-state index is 12.2. The van der Waals surface area contributed by atoms with Crippen molar-refractivity contribution in [2.75, 3.05) is 29.5 Å². The van der Waals surface area contributed by atoms with Crippen molar-refractivity contribution in [3.8, 4) is 0 Å². The average molecular weight is 398 g/mol. The van der Waals surface area contributed by atoms with Gasteiger partial charge >= 0.3 is 6.03 Å². The van der Waals surface area contributed by atoms with Crippen molar-refractivity contribution >= 4 is 56.5 Å². The predicted octanol–water partition coefficient (Wildman–Crippen LogP) is 3.59. The quantitative estimate of drug-likeness (QED) is 0.595. The first-order chi connectivity index (χ1) is 12.1. The molecule has 7 nitrogen and oxygen atoms in total. The van der Waals surface area contributed by atoms with Gasteiger partial charge in [0.1, 0.15) is 0 Å². The third kappa shape index (κ3) is 5.41. The molecule has 0 saturated carbocycles. The minimum atomic E-state index is -0.353. The number of amides is 3. The molecule has 10 heteroatoms. The minimum Gasteiger partial charge on any atom is -0.342 e. The van der Waals surface area contributed by atoms with Crippen LogP contribution in [0.4, 0.5) is 14.9 Å². The maximum atomic E-state index is 12.2. The highest BCUT2D eigenvalue weighted by atomic mass is 32.2. The lowest BCUT2D eigenvalue weighted by molar-refractivity contribution is -0.129. The molecule has 1 aliphatic heterocycles. The molecule has 134 valence electrons. The zero-order valence-electron chi connectivity index (χ0n) is 13.7. The number of rotatable bonds is 5. The highest BCUT2D eigenvalue weighted by molar-refractivity contribution is 8.01. The summed E-state index contributed by atoms with van der Waals surface area (Å²) >= 11 is 4.07. The molecule has 2 aromatic heterocycles. The highest BCUT2D eigenvalue weighted by Crippen LogP contribution is 2.26. The fourth-order valence-electron chi connectivity index (χ4n) is 2.38. The highest BCUT2D eigenvalue weighted by Gasteiger charge is 2.20. The van der Waals surface area contributed by atoms with Crippen molar-refractivity contribution in [1.82, 2.24) is 15.1 Å². The Morgan fingerprint density at radius 2 is 2.12 bits per heavy atom. The Balaban J connectivity index is 1.43. The van der Waals surface area contributed by atoms with Crippen LogP contribution in [0.1, 0.15) is 19.8 Å². The molecule has 0 aromatic carbocycles. The van der Waals surface area contributed by atoms with Gasteiger partial charge in [0.2, 0.25) is 11.0 Å².